The molecule has 2 rings (SSSR count). The third kappa shape index (κ3) is 3.08. The maximum Gasteiger partial charge on any atom is 0.326 e. The van der Waals surface area contributed by atoms with Gasteiger partial charge in [-0.15, -0.1) is 0 Å². The molecule has 0 aromatic rings. The Bertz CT molecular complexity index is 344. The van der Waals surface area contributed by atoms with E-state index in [1.165, 1.54) is 6.42 Å². The Morgan fingerprint density at radius 1 is 1.21 bits per heavy atom. The van der Waals surface area contributed by atoms with Crippen molar-refractivity contribution in [3.05, 3.63) is 0 Å². The van der Waals surface area contributed by atoms with Crippen molar-refractivity contribution in [1.29, 1.82) is 0 Å². The average Bonchev–Trinajstić information content (AvgIpc) is 2.43. The molecule has 0 radical (unpaired) electrons. The number of nitrogens with zero attached hydrogens (tertiary/aromatic N) is 1. The Kier molecular flexibility index (Phi) is 4.80. The first-order valence-electron chi connectivity index (χ1n) is 7.18. The molecule has 2 aliphatic rings. The van der Waals surface area contributed by atoms with Gasteiger partial charge in [0.2, 0.25) is 5.91 Å². The first-order chi connectivity index (χ1) is 9.15. The van der Waals surface area contributed by atoms with E-state index in [1.54, 1.807) is 12.0 Å². The maximum absolute atomic E-state index is 12.3. The second-order valence-electron chi connectivity index (χ2n) is 5.59. The molecule has 0 aromatic carbocycles. The molecule has 0 bridgehead atoms. The van der Waals surface area contributed by atoms with Crippen molar-refractivity contribution < 1.29 is 19.4 Å². The molecule has 1 heterocycles. The van der Waals surface area contributed by atoms with Crippen molar-refractivity contribution in [2.24, 2.45) is 5.92 Å². The van der Waals surface area contributed by atoms with Crippen LogP contribution in [-0.2, 0) is 14.3 Å². The number of carbonyl (C=O) groups is 2. The largest absolute Gasteiger partial charge is 0.480 e. The summed E-state index contributed by atoms with van der Waals surface area (Å²) in [7, 11) is 1.56. The zero-order valence-corrected chi connectivity index (χ0v) is 11.5. The number of carbonyl (C=O) groups excluding carboxylic acids is 1. The first kappa shape index (κ1) is 14.3. The van der Waals surface area contributed by atoms with Crippen LogP contribution >= 0.6 is 0 Å². The summed E-state index contributed by atoms with van der Waals surface area (Å²) < 4.78 is 4.94. The van der Waals surface area contributed by atoms with E-state index in [9.17, 15) is 14.7 Å². The lowest BCUT2D eigenvalue weighted by atomic mass is 9.76. The molecule has 1 saturated heterocycles. The van der Waals surface area contributed by atoms with Crippen molar-refractivity contribution in [2.75, 3.05) is 13.7 Å². The maximum atomic E-state index is 12.3. The highest BCUT2D eigenvalue weighted by atomic mass is 16.5. The summed E-state index contributed by atoms with van der Waals surface area (Å²) in [6.45, 7) is 0.360. The van der Waals surface area contributed by atoms with E-state index in [1.807, 2.05) is 0 Å². The van der Waals surface area contributed by atoms with Gasteiger partial charge in [-0.2, -0.15) is 0 Å². The Labute approximate surface area is 113 Å². The molecule has 108 valence electrons. The third-order valence-corrected chi connectivity index (χ3v) is 4.47. The molecule has 1 amide bonds. The van der Waals surface area contributed by atoms with Gasteiger partial charge in [0.15, 0.2) is 0 Å². The smallest absolute Gasteiger partial charge is 0.326 e. The van der Waals surface area contributed by atoms with Crippen molar-refractivity contribution in [3.63, 3.8) is 0 Å². The number of hydrogen-bond acceptors (Lipinski definition) is 3. The molecule has 19 heavy (non-hydrogen) atoms. The highest BCUT2D eigenvalue weighted by molar-refractivity contribution is 5.84. The van der Waals surface area contributed by atoms with E-state index < -0.39 is 12.0 Å². The lowest BCUT2D eigenvalue weighted by molar-refractivity contribution is -0.158. The molecule has 3 atom stereocenters. The molecular weight excluding hydrogens is 246 g/mol. The Morgan fingerprint density at radius 2 is 1.95 bits per heavy atom. The number of aliphatic carboxylic acids is 1. The number of hydrogen-bond donors (Lipinski definition) is 1. The summed E-state index contributed by atoms with van der Waals surface area (Å²) in [5, 5.41) is 9.35. The molecule has 1 aliphatic carbocycles. The van der Waals surface area contributed by atoms with Gasteiger partial charge in [-0.25, -0.2) is 4.79 Å². The summed E-state index contributed by atoms with van der Waals surface area (Å²) in [5.74, 6) is -0.434. The monoisotopic (exact) mass is 269 g/mol. The fourth-order valence-corrected chi connectivity index (χ4v) is 3.55. The first-order valence-corrected chi connectivity index (χ1v) is 7.18. The van der Waals surface area contributed by atoms with Crippen LogP contribution in [0.1, 0.15) is 44.9 Å². The number of piperidine rings is 1. The normalized spacial score (nSPS) is 30.8. The fraction of sp³-hybridized carbons (Fsp3) is 0.857. The quantitative estimate of drug-likeness (QED) is 0.843. The van der Waals surface area contributed by atoms with E-state index in [0.29, 0.717) is 18.9 Å². The summed E-state index contributed by atoms with van der Waals surface area (Å²) >= 11 is 0. The predicted molar refractivity (Wildman–Crippen MR) is 69.7 cm³/mol. The zero-order valence-electron chi connectivity index (χ0n) is 11.5. The lowest BCUT2D eigenvalue weighted by Crippen LogP contribution is -2.57. The molecular formula is C14H23NO4. The number of carboxylic acid groups (broad SMARTS) is 1. The zero-order chi connectivity index (χ0) is 13.8. The van der Waals surface area contributed by atoms with Crippen LogP contribution in [0.25, 0.3) is 0 Å². The second kappa shape index (κ2) is 6.37. The third-order valence-electron chi connectivity index (χ3n) is 4.47. The second-order valence-corrected chi connectivity index (χ2v) is 5.59. The van der Waals surface area contributed by atoms with Crippen molar-refractivity contribution >= 4 is 11.9 Å². The van der Waals surface area contributed by atoms with E-state index >= 15 is 0 Å². The highest BCUT2D eigenvalue weighted by Gasteiger charge is 2.43. The molecule has 1 aliphatic heterocycles. The van der Waals surface area contributed by atoms with Crippen LogP contribution in [0.2, 0.25) is 0 Å². The van der Waals surface area contributed by atoms with Gasteiger partial charge in [0.05, 0.1) is 13.0 Å². The van der Waals surface area contributed by atoms with Crippen LogP contribution in [-0.4, -0.2) is 47.7 Å². The molecule has 3 unspecified atom stereocenters. The molecule has 1 saturated carbocycles. The van der Waals surface area contributed by atoms with Gasteiger partial charge in [-0.3, -0.25) is 4.79 Å². The number of methoxy groups -OCH3 is 1. The average molecular weight is 269 g/mol. The number of fused-ring (bicyclic) bond motifs is 1. The van der Waals surface area contributed by atoms with Crippen molar-refractivity contribution in [3.8, 4) is 0 Å². The summed E-state index contributed by atoms with van der Waals surface area (Å²) in [6, 6.07) is -0.503. The number of likely N-dealkylation sites (tertiary alicyclic amines) is 1. The predicted octanol–water partition coefficient (Wildman–Crippen LogP) is 1.66. The number of ether oxygens (including phenoxy) is 1. The van der Waals surface area contributed by atoms with Gasteiger partial charge in [0, 0.05) is 13.2 Å². The van der Waals surface area contributed by atoms with Gasteiger partial charge in [-0.1, -0.05) is 12.8 Å². The van der Waals surface area contributed by atoms with Crippen LogP contribution in [0.5, 0.6) is 0 Å². The van der Waals surface area contributed by atoms with Gasteiger partial charge in [0.25, 0.3) is 0 Å². The van der Waals surface area contributed by atoms with Crippen molar-refractivity contribution in [1.82, 2.24) is 4.90 Å². The van der Waals surface area contributed by atoms with Gasteiger partial charge in [-0.05, 0) is 31.6 Å². The molecule has 0 spiro atoms. The molecule has 1 N–H and O–H groups in total. The molecule has 0 aromatic heterocycles. The SMILES string of the molecule is COCCC(=O)N1C(C(=O)O)CCC2CCCCC21. The molecule has 2 fully saturated rings. The van der Waals surface area contributed by atoms with Crippen LogP contribution in [0.4, 0.5) is 0 Å². The molecule has 5 nitrogen and oxygen atoms in total. The van der Waals surface area contributed by atoms with E-state index in [4.69, 9.17) is 4.74 Å². The Morgan fingerprint density at radius 3 is 2.63 bits per heavy atom. The standard InChI is InChI=1S/C14H23NO4/c1-19-9-8-13(16)15-11-5-3-2-4-10(11)6-7-12(15)14(17)18/h10-12H,2-9H2,1H3,(H,17,18). The van der Waals surface area contributed by atoms with E-state index in [2.05, 4.69) is 0 Å². The highest BCUT2D eigenvalue weighted by Crippen LogP contribution is 2.38. The number of carboxylic acids is 1. The van der Waals surface area contributed by atoms with Gasteiger partial charge < -0.3 is 14.7 Å². The van der Waals surface area contributed by atoms with Gasteiger partial charge >= 0.3 is 5.97 Å². The summed E-state index contributed by atoms with van der Waals surface area (Å²) in [6.07, 6.45) is 6.20. The van der Waals surface area contributed by atoms with Crippen molar-refractivity contribution in [2.45, 2.75) is 57.0 Å². The Hall–Kier alpha value is -1.10. The Balaban J connectivity index is 2.14. The minimum atomic E-state index is -0.866. The molecule has 5 heteroatoms. The minimum Gasteiger partial charge on any atom is -0.480 e. The van der Waals surface area contributed by atoms with Crippen LogP contribution in [0.3, 0.4) is 0 Å². The minimum absolute atomic E-state index is 0.0640. The lowest BCUT2D eigenvalue weighted by Gasteiger charge is -2.47. The fourth-order valence-electron chi connectivity index (χ4n) is 3.55. The van der Waals surface area contributed by atoms with Crippen LogP contribution < -0.4 is 0 Å². The van der Waals surface area contributed by atoms with Crippen LogP contribution in [0, 0.1) is 5.92 Å². The number of amides is 1. The summed E-state index contributed by atoms with van der Waals surface area (Å²) in [4.78, 5) is 25.4. The topological polar surface area (TPSA) is 66.8 Å². The van der Waals surface area contributed by atoms with E-state index in [0.717, 1.165) is 25.7 Å². The van der Waals surface area contributed by atoms with E-state index in [-0.39, 0.29) is 18.4 Å². The summed E-state index contributed by atoms with van der Waals surface area (Å²) in [5.41, 5.74) is 0. The number of rotatable bonds is 4. The van der Waals surface area contributed by atoms with Crippen LogP contribution in [0.15, 0.2) is 0 Å². The van der Waals surface area contributed by atoms with Gasteiger partial charge in [0.1, 0.15) is 6.04 Å².